The summed E-state index contributed by atoms with van der Waals surface area (Å²) in [5.41, 5.74) is 0. The average molecular weight is 369 g/mol. The summed E-state index contributed by atoms with van der Waals surface area (Å²) in [5, 5.41) is 9.68. The molecule has 0 unspecified atom stereocenters. The Bertz CT molecular complexity index is 520. The van der Waals surface area contributed by atoms with Crippen molar-refractivity contribution in [1.82, 2.24) is 0 Å². The number of rotatable bonds is 10. The van der Waals surface area contributed by atoms with Crippen LogP contribution in [0.2, 0.25) is 0 Å². The lowest BCUT2D eigenvalue weighted by molar-refractivity contribution is 0.317. The van der Waals surface area contributed by atoms with Crippen molar-refractivity contribution in [1.29, 1.82) is 5.26 Å². The highest BCUT2D eigenvalue weighted by Crippen LogP contribution is 2.70. The highest BCUT2D eigenvalue weighted by Gasteiger charge is 2.31. The van der Waals surface area contributed by atoms with Crippen LogP contribution in [0.3, 0.4) is 0 Å². The third kappa shape index (κ3) is 6.10. The van der Waals surface area contributed by atoms with Gasteiger partial charge in [0.2, 0.25) is 0 Å². The normalized spacial score (nSPS) is 11.1. The molecule has 118 valence electrons. The molecule has 0 saturated heterocycles. The van der Waals surface area contributed by atoms with E-state index in [1.807, 2.05) is 6.07 Å². The minimum Gasteiger partial charge on any atom is -0.484 e. The van der Waals surface area contributed by atoms with Gasteiger partial charge in [0.05, 0.1) is 20.8 Å². The summed E-state index contributed by atoms with van der Waals surface area (Å²) >= 11 is 2.50. The van der Waals surface area contributed by atoms with E-state index in [1.54, 1.807) is 6.07 Å². The predicted octanol–water partition coefficient (Wildman–Crippen LogP) is 4.87. The van der Waals surface area contributed by atoms with Gasteiger partial charge in [0.1, 0.15) is 29.4 Å². The Morgan fingerprint density at radius 3 is 2.57 bits per heavy atom. The molecule has 21 heavy (non-hydrogen) atoms. The van der Waals surface area contributed by atoms with Gasteiger partial charge in [-0.05, 0) is 6.42 Å². The van der Waals surface area contributed by atoms with Crippen molar-refractivity contribution >= 4 is 40.4 Å². The van der Waals surface area contributed by atoms with Gasteiger partial charge in [-0.3, -0.25) is 0 Å². The van der Waals surface area contributed by atoms with E-state index in [0.29, 0.717) is 39.9 Å². The molecule has 0 atom stereocenters. The molecule has 0 aliphatic carbocycles. The van der Waals surface area contributed by atoms with Gasteiger partial charge in [-0.2, -0.15) is 5.26 Å². The number of hydrogen-bond donors (Lipinski definition) is 0. The molecular weight excluding hydrogens is 353 g/mol. The molecule has 10 heteroatoms. The van der Waals surface area contributed by atoms with Crippen LogP contribution in [0.4, 0.5) is 0 Å². The minimum absolute atomic E-state index is 0.214. The quantitative estimate of drug-likeness (QED) is 0.328. The van der Waals surface area contributed by atoms with Gasteiger partial charge < -0.3 is 17.6 Å². The highest BCUT2D eigenvalue weighted by atomic mass is 33.1. The van der Waals surface area contributed by atoms with E-state index in [0.717, 1.165) is 24.2 Å². The average Bonchev–Trinajstić information content (AvgIpc) is 2.81. The Morgan fingerprint density at radius 1 is 1.38 bits per heavy atom. The standard InChI is InChI=1S/C11H16NO5PS3/c1-4-5-6-16-11-7-9(10(8-12)19-11)17-18(13,20-14-2)21-15-3/h7H,4-6H2,1-3H3. The summed E-state index contributed by atoms with van der Waals surface area (Å²) in [6, 6.07) is 3.57. The Hall–Kier alpha value is -0.360. The van der Waals surface area contributed by atoms with Crippen LogP contribution in [-0.4, -0.2) is 20.8 Å². The second kappa shape index (κ2) is 9.62. The molecule has 0 N–H and O–H groups in total. The summed E-state index contributed by atoms with van der Waals surface area (Å²) in [6.45, 7) is 2.63. The summed E-state index contributed by atoms with van der Waals surface area (Å²) in [4.78, 5) is 0.301. The predicted molar refractivity (Wildman–Crippen MR) is 86.9 cm³/mol. The zero-order chi connectivity index (χ0) is 15.7. The third-order valence-electron chi connectivity index (χ3n) is 2.06. The summed E-state index contributed by atoms with van der Waals surface area (Å²) in [5.74, 6) is -3.10. The molecule has 0 bridgehead atoms. The van der Waals surface area contributed by atoms with Crippen LogP contribution in [0, 0.1) is 11.3 Å². The van der Waals surface area contributed by atoms with Crippen molar-refractivity contribution in [3.05, 3.63) is 10.9 Å². The van der Waals surface area contributed by atoms with Crippen molar-refractivity contribution in [2.75, 3.05) is 20.8 Å². The van der Waals surface area contributed by atoms with Gasteiger partial charge in [0, 0.05) is 6.07 Å². The second-order valence-electron chi connectivity index (χ2n) is 3.59. The molecule has 0 aliphatic rings. The molecule has 0 amide bonds. The Kier molecular flexibility index (Phi) is 8.56. The lowest BCUT2D eigenvalue weighted by Crippen LogP contribution is -1.93. The number of ether oxygens (including phenoxy) is 1. The van der Waals surface area contributed by atoms with Crippen molar-refractivity contribution in [3.8, 4) is 16.9 Å². The first kappa shape index (κ1) is 18.7. The third-order valence-corrected chi connectivity index (χ3v) is 7.61. The number of nitriles is 1. The van der Waals surface area contributed by atoms with E-state index in [2.05, 4.69) is 6.92 Å². The molecule has 0 aromatic carbocycles. The van der Waals surface area contributed by atoms with Crippen LogP contribution in [0.1, 0.15) is 24.6 Å². The van der Waals surface area contributed by atoms with Crippen molar-refractivity contribution in [2.24, 2.45) is 0 Å². The van der Waals surface area contributed by atoms with E-state index >= 15 is 0 Å². The van der Waals surface area contributed by atoms with Gasteiger partial charge in [-0.25, -0.2) is 4.57 Å². The van der Waals surface area contributed by atoms with E-state index in [1.165, 1.54) is 14.2 Å². The first-order valence-electron chi connectivity index (χ1n) is 5.99. The zero-order valence-electron chi connectivity index (χ0n) is 11.9. The number of hydrogen-bond acceptors (Lipinski definition) is 9. The molecular formula is C11H16NO5PS3. The maximum atomic E-state index is 12.4. The molecule has 0 aliphatic heterocycles. The molecule has 1 aromatic heterocycles. The molecule has 0 saturated carbocycles. The van der Waals surface area contributed by atoms with E-state index in [4.69, 9.17) is 22.9 Å². The topological polar surface area (TPSA) is 77.8 Å². The van der Waals surface area contributed by atoms with E-state index in [-0.39, 0.29) is 5.75 Å². The van der Waals surface area contributed by atoms with Crippen LogP contribution in [0.25, 0.3) is 0 Å². The van der Waals surface area contributed by atoms with Gasteiger partial charge in [-0.15, -0.1) is 0 Å². The molecule has 6 nitrogen and oxygen atoms in total. The monoisotopic (exact) mass is 369 g/mol. The fraction of sp³-hybridized carbons (Fsp3) is 0.545. The van der Waals surface area contributed by atoms with Crippen LogP contribution >= 0.6 is 40.4 Å². The maximum Gasteiger partial charge on any atom is 0.412 e. The number of unbranched alkanes of at least 4 members (excludes halogenated alkanes) is 1. The zero-order valence-corrected chi connectivity index (χ0v) is 15.2. The largest absolute Gasteiger partial charge is 0.484 e. The first-order valence-corrected chi connectivity index (χ1v) is 11.1. The summed E-state index contributed by atoms with van der Waals surface area (Å²) < 4.78 is 33.0. The second-order valence-corrected chi connectivity index (χ2v) is 11.1. The first-order chi connectivity index (χ1) is 10.1. The van der Waals surface area contributed by atoms with Gasteiger partial charge >= 0.3 is 5.77 Å². The molecule has 1 aromatic rings. The van der Waals surface area contributed by atoms with Gasteiger partial charge in [0.15, 0.2) is 15.7 Å². The lowest BCUT2D eigenvalue weighted by atomic mass is 10.4. The van der Waals surface area contributed by atoms with Crippen molar-refractivity contribution < 1.29 is 22.2 Å². The molecule has 1 rings (SSSR count). The van der Waals surface area contributed by atoms with Crippen LogP contribution in [0.5, 0.6) is 10.8 Å². The highest BCUT2D eigenvalue weighted by molar-refractivity contribution is 8.87. The smallest absolute Gasteiger partial charge is 0.412 e. The van der Waals surface area contributed by atoms with E-state index in [9.17, 15) is 4.57 Å². The SMILES string of the molecule is CCCCOc1cc(OP(=O)(SOC)SOC)c(C#N)s1. The van der Waals surface area contributed by atoms with Crippen molar-refractivity contribution in [2.45, 2.75) is 19.8 Å². The minimum atomic E-state index is -3.31. The molecule has 1 heterocycles. The van der Waals surface area contributed by atoms with Crippen molar-refractivity contribution in [3.63, 3.8) is 0 Å². The fourth-order valence-corrected chi connectivity index (χ4v) is 6.04. The molecule has 0 radical (unpaired) electrons. The lowest BCUT2D eigenvalue weighted by Gasteiger charge is -2.13. The van der Waals surface area contributed by atoms with Crippen LogP contribution < -0.4 is 9.26 Å². The van der Waals surface area contributed by atoms with Crippen LogP contribution in [-0.2, 0) is 12.9 Å². The fourth-order valence-electron chi connectivity index (χ4n) is 1.23. The summed E-state index contributed by atoms with van der Waals surface area (Å²) in [6.07, 6.45) is 1.94. The van der Waals surface area contributed by atoms with E-state index < -0.39 is 5.77 Å². The molecule has 0 fully saturated rings. The number of thiophene rings is 1. The van der Waals surface area contributed by atoms with Gasteiger partial charge in [-0.1, -0.05) is 24.7 Å². The van der Waals surface area contributed by atoms with Gasteiger partial charge in [0.25, 0.3) is 0 Å². The summed E-state index contributed by atoms with van der Waals surface area (Å²) in [7, 11) is 2.77. The van der Waals surface area contributed by atoms with Crippen LogP contribution in [0.15, 0.2) is 6.07 Å². The Morgan fingerprint density at radius 2 is 2.05 bits per heavy atom. The Balaban J connectivity index is 2.85. The maximum absolute atomic E-state index is 12.4. The number of nitrogens with zero attached hydrogens (tertiary/aromatic N) is 1. The molecule has 0 spiro atoms. The Labute approximate surface area is 136 Å².